The monoisotopic (exact) mass is 262 g/mol. The average Bonchev–Trinajstić information content (AvgIpc) is 2.83. The molecule has 0 N–H and O–H groups in total. The van der Waals surface area contributed by atoms with Crippen molar-refractivity contribution in [1.29, 1.82) is 0 Å². The van der Waals surface area contributed by atoms with Gasteiger partial charge in [0.1, 0.15) is 5.71 Å². The molecule has 3 rings (SSSR count). The third kappa shape index (κ3) is 1.57. The van der Waals surface area contributed by atoms with Crippen LogP contribution in [-0.4, -0.2) is 21.6 Å². The van der Waals surface area contributed by atoms with E-state index in [1.165, 1.54) is 8.96 Å². The Bertz CT molecular complexity index is 651. The Morgan fingerprint density at radius 2 is 2.00 bits per heavy atom. The number of hydrogen-bond acceptors (Lipinski definition) is 0. The van der Waals surface area contributed by atoms with E-state index >= 15 is 0 Å². The van der Waals surface area contributed by atoms with Crippen LogP contribution < -0.4 is 0 Å². The summed E-state index contributed by atoms with van der Waals surface area (Å²) in [5.74, 6) is 0. The molecule has 100 valence electrons. The molecular formula is C14H17BF2N2. The fourth-order valence-corrected chi connectivity index (χ4v) is 3.15. The Morgan fingerprint density at radius 1 is 1.26 bits per heavy atom. The number of halogens is 2. The molecule has 0 saturated carbocycles. The molecule has 0 bridgehead atoms. The summed E-state index contributed by atoms with van der Waals surface area (Å²) in [4.78, 5) is 0. The van der Waals surface area contributed by atoms with Crippen LogP contribution >= 0.6 is 0 Å². The number of nitrogens with zero attached hydrogens (tertiary/aromatic N) is 2. The molecule has 3 heterocycles. The molecule has 2 aliphatic rings. The van der Waals surface area contributed by atoms with Gasteiger partial charge in [0.2, 0.25) is 0 Å². The van der Waals surface area contributed by atoms with E-state index in [1.54, 1.807) is 13.0 Å². The molecule has 5 heteroatoms. The van der Waals surface area contributed by atoms with Crippen LogP contribution in [0.15, 0.2) is 23.9 Å². The minimum Gasteiger partial charge on any atom is -0.394 e. The Balaban J connectivity index is 2.28. The molecule has 0 amide bonds. The van der Waals surface area contributed by atoms with Gasteiger partial charge in [0, 0.05) is 30.3 Å². The molecule has 0 aromatic carbocycles. The van der Waals surface area contributed by atoms with E-state index in [0.29, 0.717) is 23.5 Å². The van der Waals surface area contributed by atoms with E-state index in [1.807, 2.05) is 32.1 Å². The van der Waals surface area contributed by atoms with Gasteiger partial charge in [-0.15, -0.1) is 0 Å². The van der Waals surface area contributed by atoms with Crippen LogP contribution in [0.25, 0.3) is 6.08 Å². The minimum atomic E-state index is -3.77. The van der Waals surface area contributed by atoms with Gasteiger partial charge in [-0.1, -0.05) is 6.92 Å². The first-order chi connectivity index (χ1) is 8.96. The second kappa shape index (κ2) is 3.92. The lowest BCUT2D eigenvalue weighted by atomic mass is 9.90. The van der Waals surface area contributed by atoms with E-state index in [0.717, 1.165) is 17.7 Å². The highest BCUT2D eigenvalue weighted by Crippen LogP contribution is 2.34. The number of hydrogen-bond donors (Lipinski definition) is 0. The fourth-order valence-electron chi connectivity index (χ4n) is 3.15. The molecule has 0 spiro atoms. The molecule has 2 aliphatic heterocycles. The Labute approximate surface area is 111 Å². The maximum Gasteiger partial charge on any atom is 0.737 e. The fraction of sp³-hybridized carbons (Fsp3) is 0.357. The Hall–Kier alpha value is -1.65. The van der Waals surface area contributed by atoms with Crippen molar-refractivity contribution in [3.05, 3.63) is 40.9 Å². The quantitative estimate of drug-likeness (QED) is 0.721. The number of allylic oxidation sites excluding steroid dienone is 2. The lowest BCUT2D eigenvalue weighted by molar-refractivity contribution is -0.362. The SMILES string of the molecule is CCCC1=[N+]2C(=Cc3c(C)cc(C)n3[B-]2(F)F)C=C1. The summed E-state index contributed by atoms with van der Waals surface area (Å²) in [5.41, 5.74) is 3.49. The number of fused-ring (bicyclic) bond motifs is 2. The maximum absolute atomic E-state index is 14.8. The van der Waals surface area contributed by atoms with Crippen molar-refractivity contribution in [1.82, 2.24) is 4.48 Å². The van der Waals surface area contributed by atoms with Crippen LogP contribution in [0, 0.1) is 13.8 Å². The predicted octanol–water partition coefficient (Wildman–Crippen LogP) is 3.51. The van der Waals surface area contributed by atoms with Crippen molar-refractivity contribution in [2.24, 2.45) is 0 Å². The molecule has 1 aromatic heterocycles. The number of aromatic nitrogens is 1. The van der Waals surface area contributed by atoms with Crippen LogP contribution in [0.1, 0.15) is 36.7 Å². The van der Waals surface area contributed by atoms with Crippen LogP contribution in [0.3, 0.4) is 0 Å². The lowest BCUT2D eigenvalue weighted by Crippen LogP contribution is -2.50. The van der Waals surface area contributed by atoms with E-state index in [4.69, 9.17) is 0 Å². The summed E-state index contributed by atoms with van der Waals surface area (Å²) in [6.07, 6.45) is 7.03. The van der Waals surface area contributed by atoms with Crippen LogP contribution in [0.5, 0.6) is 0 Å². The van der Waals surface area contributed by atoms with Gasteiger partial charge in [-0.05, 0) is 37.6 Å². The van der Waals surface area contributed by atoms with Gasteiger partial charge < -0.3 is 17.6 Å². The van der Waals surface area contributed by atoms with E-state index in [2.05, 4.69) is 0 Å². The third-order valence-corrected chi connectivity index (χ3v) is 3.92. The molecule has 0 radical (unpaired) electrons. The van der Waals surface area contributed by atoms with Crippen LogP contribution in [0.2, 0.25) is 0 Å². The molecule has 0 unspecified atom stereocenters. The highest BCUT2D eigenvalue weighted by atomic mass is 19.2. The number of rotatable bonds is 2. The molecule has 0 fully saturated rings. The van der Waals surface area contributed by atoms with Gasteiger partial charge in [-0.25, -0.2) is 0 Å². The minimum absolute atomic E-state index is 0.613. The van der Waals surface area contributed by atoms with Gasteiger partial charge in [0.15, 0.2) is 5.70 Å². The zero-order valence-corrected chi connectivity index (χ0v) is 11.5. The molecule has 1 aromatic rings. The predicted molar refractivity (Wildman–Crippen MR) is 74.6 cm³/mol. The normalized spacial score (nSPS) is 19.5. The van der Waals surface area contributed by atoms with Crippen molar-refractivity contribution < 1.29 is 13.1 Å². The summed E-state index contributed by atoms with van der Waals surface area (Å²) >= 11 is 0. The average molecular weight is 262 g/mol. The first-order valence-corrected chi connectivity index (χ1v) is 6.72. The molecule has 0 aliphatic carbocycles. The molecule has 19 heavy (non-hydrogen) atoms. The smallest absolute Gasteiger partial charge is 0.394 e. The summed E-state index contributed by atoms with van der Waals surface area (Å²) in [5, 5.41) is 0. The van der Waals surface area contributed by atoms with E-state index in [-0.39, 0.29) is 0 Å². The highest BCUT2D eigenvalue weighted by molar-refractivity contribution is 6.58. The van der Waals surface area contributed by atoms with E-state index < -0.39 is 6.97 Å². The standard InChI is InChI=1S/C14H17BF2N2/c1-4-5-12-6-7-13-9-14-10(2)8-11(3)18(14)15(16,17)19(12)13/h6-9H,4-5H2,1-3H3. The highest BCUT2D eigenvalue weighted by Gasteiger charge is 2.52. The molecule has 2 nitrogen and oxygen atoms in total. The molecule has 0 saturated heterocycles. The largest absolute Gasteiger partial charge is 0.737 e. The summed E-state index contributed by atoms with van der Waals surface area (Å²) in [7, 11) is 0. The summed E-state index contributed by atoms with van der Waals surface area (Å²) in [6, 6.07) is 1.83. The first kappa shape index (κ1) is 12.4. The van der Waals surface area contributed by atoms with Crippen molar-refractivity contribution >= 4 is 18.8 Å². The Morgan fingerprint density at radius 3 is 2.68 bits per heavy atom. The summed E-state index contributed by atoms with van der Waals surface area (Å²) < 4.78 is 32.1. The molecular weight excluding hydrogens is 245 g/mol. The van der Waals surface area contributed by atoms with Gasteiger partial charge >= 0.3 is 6.97 Å². The van der Waals surface area contributed by atoms with Crippen molar-refractivity contribution in [3.8, 4) is 0 Å². The molecule has 0 atom stereocenters. The van der Waals surface area contributed by atoms with Gasteiger partial charge in [0.05, 0.1) is 0 Å². The van der Waals surface area contributed by atoms with Crippen molar-refractivity contribution in [2.45, 2.75) is 33.6 Å². The zero-order chi connectivity index (χ0) is 13.8. The maximum atomic E-state index is 14.8. The van der Waals surface area contributed by atoms with Crippen LogP contribution in [-0.2, 0) is 0 Å². The Kier molecular flexibility index (Phi) is 2.56. The second-order valence-electron chi connectivity index (χ2n) is 5.33. The van der Waals surface area contributed by atoms with Gasteiger partial charge in [-0.3, -0.25) is 0 Å². The second-order valence-corrected chi connectivity index (χ2v) is 5.33. The first-order valence-electron chi connectivity index (χ1n) is 6.72. The zero-order valence-electron chi connectivity index (χ0n) is 11.5. The van der Waals surface area contributed by atoms with E-state index in [9.17, 15) is 8.63 Å². The van der Waals surface area contributed by atoms with Gasteiger partial charge in [-0.2, -0.15) is 0 Å². The number of aryl methyl sites for hydroxylation is 2. The van der Waals surface area contributed by atoms with Crippen molar-refractivity contribution in [3.63, 3.8) is 0 Å². The van der Waals surface area contributed by atoms with Crippen molar-refractivity contribution in [2.75, 3.05) is 0 Å². The lowest BCUT2D eigenvalue weighted by Gasteiger charge is -2.30. The van der Waals surface area contributed by atoms with Gasteiger partial charge in [0.25, 0.3) is 0 Å². The van der Waals surface area contributed by atoms with Crippen LogP contribution in [0.4, 0.5) is 8.63 Å². The summed E-state index contributed by atoms with van der Waals surface area (Å²) in [6.45, 7) is 1.86. The third-order valence-electron chi connectivity index (χ3n) is 3.92. The topological polar surface area (TPSA) is 7.94 Å².